The summed E-state index contributed by atoms with van der Waals surface area (Å²) in [5, 5.41) is 0. The molecule has 5 heteroatoms. The molecule has 2 rings (SSSR count). The molecule has 2 aromatic rings. The van der Waals surface area contributed by atoms with Crippen LogP contribution in [0.3, 0.4) is 0 Å². The number of nitrogens with two attached hydrogens (primary N) is 1. The van der Waals surface area contributed by atoms with E-state index in [4.69, 9.17) is 5.73 Å². The van der Waals surface area contributed by atoms with Crippen LogP contribution < -0.4 is 10.5 Å². The van der Waals surface area contributed by atoms with E-state index in [0.29, 0.717) is 11.3 Å². The molecule has 3 N–H and O–H groups in total. The Kier molecular flexibility index (Phi) is 3.72. The van der Waals surface area contributed by atoms with Crippen molar-refractivity contribution in [2.45, 2.75) is 25.7 Å². The number of anilines is 2. The fraction of sp³-hybridized carbons (Fsp3) is 0.200. The average Bonchev–Trinajstić information content (AvgIpc) is 2.33. The lowest BCUT2D eigenvalue weighted by atomic mass is 10.1. The molecule has 0 spiro atoms. The molecule has 0 fully saturated rings. The number of aryl methyl sites for hydroxylation is 3. The zero-order valence-corrected chi connectivity index (χ0v) is 12.6. The molecule has 0 heterocycles. The lowest BCUT2D eigenvalue weighted by molar-refractivity contribution is 0.601. The summed E-state index contributed by atoms with van der Waals surface area (Å²) in [6.45, 7) is 5.65. The highest BCUT2D eigenvalue weighted by atomic mass is 32.2. The summed E-state index contributed by atoms with van der Waals surface area (Å²) in [5.74, 6) is 0. The van der Waals surface area contributed by atoms with Crippen LogP contribution in [0.1, 0.15) is 16.7 Å². The van der Waals surface area contributed by atoms with E-state index in [9.17, 15) is 8.42 Å². The van der Waals surface area contributed by atoms with E-state index in [1.54, 1.807) is 37.3 Å². The summed E-state index contributed by atoms with van der Waals surface area (Å²) >= 11 is 0. The average molecular weight is 290 g/mol. The van der Waals surface area contributed by atoms with Crippen LogP contribution in [0.15, 0.2) is 41.3 Å². The molecule has 0 unspecified atom stereocenters. The molecule has 0 aliphatic rings. The van der Waals surface area contributed by atoms with E-state index in [0.717, 1.165) is 11.1 Å². The quantitative estimate of drug-likeness (QED) is 0.854. The first-order chi connectivity index (χ1) is 9.31. The second-order valence-electron chi connectivity index (χ2n) is 4.90. The SMILES string of the molecule is Cc1ccc(NS(=O)(=O)c2c(C)cccc2N)cc1C. The molecule has 0 aliphatic carbocycles. The molecular formula is C15H18N2O2S. The zero-order valence-electron chi connectivity index (χ0n) is 11.8. The minimum Gasteiger partial charge on any atom is -0.398 e. The Morgan fingerprint density at radius 2 is 1.65 bits per heavy atom. The molecule has 20 heavy (non-hydrogen) atoms. The second kappa shape index (κ2) is 5.17. The van der Waals surface area contributed by atoms with Gasteiger partial charge in [-0.3, -0.25) is 4.72 Å². The van der Waals surface area contributed by atoms with Crippen molar-refractivity contribution >= 4 is 21.4 Å². The summed E-state index contributed by atoms with van der Waals surface area (Å²) in [4.78, 5) is 0.137. The van der Waals surface area contributed by atoms with Gasteiger partial charge in [0.1, 0.15) is 4.90 Å². The van der Waals surface area contributed by atoms with E-state index in [1.807, 2.05) is 19.9 Å². The van der Waals surface area contributed by atoms with Crippen molar-refractivity contribution in [1.82, 2.24) is 0 Å². The summed E-state index contributed by atoms with van der Waals surface area (Å²) in [7, 11) is -3.68. The highest BCUT2D eigenvalue weighted by molar-refractivity contribution is 7.93. The van der Waals surface area contributed by atoms with Crippen molar-refractivity contribution in [3.63, 3.8) is 0 Å². The molecule has 0 radical (unpaired) electrons. The number of nitrogens with one attached hydrogen (secondary N) is 1. The molecule has 0 saturated carbocycles. The van der Waals surface area contributed by atoms with Gasteiger partial charge < -0.3 is 5.73 Å². The summed E-state index contributed by atoms with van der Waals surface area (Å²) in [6, 6.07) is 10.5. The largest absolute Gasteiger partial charge is 0.398 e. The fourth-order valence-electron chi connectivity index (χ4n) is 2.05. The van der Waals surface area contributed by atoms with E-state index in [1.165, 1.54) is 0 Å². The normalized spacial score (nSPS) is 11.3. The first kappa shape index (κ1) is 14.4. The van der Waals surface area contributed by atoms with Gasteiger partial charge in [-0.1, -0.05) is 18.2 Å². The molecule has 2 aromatic carbocycles. The molecule has 106 valence electrons. The predicted octanol–water partition coefficient (Wildman–Crippen LogP) is 2.99. The topological polar surface area (TPSA) is 72.2 Å². The molecular weight excluding hydrogens is 272 g/mol. The smallest absolute Gasteiger partial charge is 0.264 e. The van der Waals surface area contributed by atoms with E-state index in [-0.39, 0.29) is 10.6 Å². The molecule has 0 bridgehead atoms. The van der Waals surface area contributed by atoms with Gasteiger partial charge in [0.25, 0.3) is 10.0 Å². The van der Waals surface area contributed by atoms with Crippen LogP contribution in [-0.4, -0.2) is 8.42 Å². The zero-order chi connectivity index (χ0) is 14.9. The summed E-state index contributed by atoms with van der Waals surface area (Å²) in [6.07, 6.45) is 0. The third kappa shape index (κ3) is 2.77. The Labute approximate surface area is 119 Å². The lowest BCUT2D eigenvalue weighted by Crippen LogP contribution is -2.16. The maximum atomic E-state index is 12.4. The Morgan fingerprint density at radius 3 is 2.25 bits per heavy atom. The molecule has 4 nitrogen and oxygen atoms in total. The first-order valence-electron chi connectivity index (χ1n) is 6.26. The van der Waals surface area contributed by atoms with Crippen LogP contribution in [0, 0.1) is 20.8 Å². The van der Waals surface area contributed by atoms with Crippen LogP contribution in [0.5, 0.6) is 0 Å². The lowest BCUT2D eigenvalue weighted by Gasteiger charge is -2.13. The Morgan fingerprint density at radius 1 is 0.950 bits per heavy atom. The van der Waals surface area contributed by atoms with Gasteiger partial charge in [0.2, 0.25) is 0 Å². The number of benzene rings is 2. The highest BCUT2D eigenvalue weighted by Gasteiger charge is 2.20. The van der Waals surface area contributed by atoms with Gasteiger partial charge in [0, 0.05) is 5.69 Å². The van der Waals surface area contributed by atoms with Gasteiger partial charge in [-0.15, -0.1) is 0 Å². The van der Waals surface area contributed by atoms with Crippen molar-refractivity contribution in [2.75, 3.05) is 10.5 Å². The molecule has 0 saturated heterocycles. The maximum Gasteiger partial charge on any atom is 0.264 e. The predicted molar refractivity (Wildman–Crippen MR) is 82.3 cm³/mol. The molecule has 0 aliphatic heterocycles. The minimum absolute atomic E-state index is 0.137. The Balaban J connectivity index is 2.43. The Hall–Kier alpha value is -2.01. The van der Waals surface area contributed by atoms with E-state index >= 15 is 0 Å². The maximum absolute atomic E-state index is 12.4. The third-order valence-electron chi connectivity index (χ3n) is 3.27. The molecule has 0 aromatic heterocycles. The van der Waals surface area contributed by atoms with Crippen LogP contribution in [0.2, 0.25) is 0 Å². The molecule has 0 amide bonds. The van der Waals surface area contributed by atoms with Crippen molar-refractivity contribution in [2.24, 2.45) is 0 Å². The van der Waals surface area contributed by atoms with Crippen molar-refractivity contribution in [1.29, 1.82) is 0 Å². The van der Waals surface area contributed by atoms with Gasteiger partial charge in [0.15, 0.2) is 0 Å². The number of nitrogen functional groups attached to an aromatic ring is 1. The Bertz CT molecular complexity index is 732. The fourth-order valence-corrected chi connectivity index (χ4v) is 3.46. The van der Waals surface area contributed by atoms with Gasteiger partial charge in [0.05, 0.1) is 5.69 Å². The monoisotopic (exact) mass is 290 g/mol. The van der Waals surface area contributed by atoms with Gasteiger partial charge in [-0.05, 0) is 55.7 Å². The first-order valence-corrected chi connectivity index (χ1v) is 7.75. The van der Waals surface area contributed by atoms with Crippen molar-refractivity contribution in [3.05, 3.63) is 53.1 Å². The standard InChI is InChI=1S/C15H18N2O2S/c1-10-7-8-13(9-12(10)3)17-20(18,19)15-11(2)5-4-6-14(15)16/h4-9,17H,16H2,1-3H3. The van der Waals surface area contributed by atoms with Crippen LogP contribution in [0.25, 0.3) is 0 Å². The van der Waals surface area contributed by atoms with Crippen LogP contribution in [-0.2, 0) is 10.0 Å². The van der Waals surface area contributed by atoms with Gasteiger partial charge in [-0.25, -0.2) is 8.42 Å². The van der Waals surface area contributed by atoms with Crippen molar-refractivity contribution in [3.8, 4) is 0 Å². The van der Waals surface area contributed by atoms with Crippen LogP contribution in [0.4, 0.5) is 11.4 Å². The van der Waals surface area contributed by atoms with Crippen LogP contribution >= 0.6 is 0 Å². The summed E-state index contributed by atoms with van der Waals surface area (Å²) < 4.78 is 27.5. The molecule has 0 atom stereocenters. The number of hydrogen-bond donors (Lipinski definition) is 2. The second-order valence-corrected chi connectivity index (χ2v) is 6.52. The van der Waals surface area contributed by atoms with Gasteiger partial charge in [-0.2, -0.15) is 0 Å². The highest BCUT2D eigenvalue weighted by Crippen LogP contribution is 2.25. The number of hydrogen-bond acceptors (Lipinski definition) is 3. The minimum atomic E-state index is -3.68. The number of rotatable bonds is 3. The third-order valence-corrected chi connectivity index (χ3v) is 4.87. The van der Waals surface area contributed by atoms with Gasteiger partial charge >= 0.3 is 0 Å². The van der Waals surface area contributed by atoms with Crippen molar-refractivity contribution < 1.29 is 8.42 Å². The number of sulfonamides is 1. The summed E-state index contributed by atoms with van der Waals surface area (Å²) in [5.41, 5.74) is 9.36. The van der Waals surface area contributed by atoms with E-state index in [2.05, 4.69) is 4.72 Å². The van der Waals surface area contributed by atoms with E-state index < -0.39 is 10.0 Å².